The molecule has 2 aromatic rings. The molecule has 0 radical (unpaired) electrons. The van der Waals surface area contributed by atoms with E-state index in [2.05, 4.69) is 29.2 Å². The van der Waals surface area contributed by atoms with Gasteiger partial charge in [-0.25, -0.2) is 0 Å². The third-order valence-corrected chi connectivity index (χ3v) is 6.44. The number of oxime groups is 2. The van der Waals surface area contributed by atoms with Gasteiger partial charge in [0.15, 0.2) is 5.71 Å². The average molecular weight is 816 g/mol. The smallest absolute Gasteiger partial charge is 0.272 e. The third kappa shape index (κ3) is 24.9. The Balaban J connectivity index is -0.000000679. The number of carbonyl (C=O) groups excluding carboxylic acids is 2. The Hall–Kier alpha value is -4.86. The molecule has 2 amide bonds. The lowest BCUT2D eigenvalue weighted by molar-refractivity contribution is -0.168. The van der Waals surface area contributed by atoms with Crippen molar-refractivity contribution in [3.63, 3.8) is 0 Å². The standard InChI is InChI=1S/C13H10N2O3S2.C9H8N2O3S.C5H9NO5S.3C2H6/c1-20(16,17)18-15-13-11(7-8-19-13)12(9-14)10-5-3-2-4-6-10;1-15(12,13)14-11-9(7-10)8-5-3-2-4-6-8;1-4(7)6(5(2)8)11-12(3,9)10;3*1-2/h2-8H,1H3;2-6H,1H3;1-3H3;3*1-2H3/b12-11+,15-13?;11-9+;;;;. The molecule has 16 nitrogen and oxygen atoms in total. The predicted octanol–water partition coefficient (Wildman–Crippen LogP) is 5.76. The monoisotopic (exact) mass is 815 g/mol. The molecule has 0 bridgehead atoms. The van der Waals surface area contributed by atoms with Crippen molar-refractivity contribution in [3.05, 3.63) is 88.8 Å². The first-order valence-corrected chi connectivity index (χ1v) is 21.7. The quantitative estimate of drug-likeness (QED) is 0.175. The highest BCUT2D eigenvalue weighted by Crippen LogP contribution is 2.30. The summed E-state index contributed by atoms with van der Waals surface area (Å²) >= 11 is 1.20. The molecule has 20 heteroatoms. The van der Waals surface area contributed by atoms with E-state index in [1.165, 1.54) is 11.8 Å². The van der Waals surface area contributed by atoms with E-state index in [-0.39, 0.29) is 10.8 Å². The van der Waals surface area contributed by atoms with Crippen molar-refractivity contribution in [2.75, 3.05) is 18.8 Å². The van der Waals surface area contributed by atoms with Crippen LogP contribution in [0.1, 0.15) is 66.5 Å². The van der Waals surface area contributed by atoms with Crippen LogP contribution in [0.4, 0.5) is 0 Å². The topological polar surface area (TPSA) is 240 Å². The maximum absolute atomic E-state index is 11.0. The molecular weight excluding hydrogens is 771 g/mol. The molecule has 0 spiro atoms. The molecule has 0 saturated carbocycles. The molecule has 0 unspecified atom stereocenters. The van der Waals surface area contributed by atoms with E-state index in [0.29, 0.717) is 21.8 Å². The van der Waals surface area contributed by atoms with Crippen LogP contribution in [0.15, 0.2) is 88.0 Å². The van der Waals surface area contributed by atoms with Crippen LogP contribution in [-0.2, 0) is 52.8 Å². The molecule has 0 aliphatic carbocycles. The highest BCUT2D eigenvalue weighted by molar-refractivity contribution is 8.17. The van der Waals surface area contributed by atoms with E-state index in [1.54, 1.807) is 60.0 Å². The fourth-order valence-corrected chi connectivity index (χ4v) is 4.51. The van der Waals surface area contributed by atoms with Gasteiger partial charge in [-0.3, -0.25) is 18.2 Å². The number of hydrogen-bond acceptors (Lipinski definition) is 16. The molecule has 0 atom stereocenters. The summed E-state index contributed by atoms with van der Waals surface area (Å²) in [6.07, 6.45) is 4.22. The van der Waals surface area contributed by atoms with E-state index in [4.69, 9.17) is 5.26 Å². The van der Waals surface area contributed by atoms with Gasteiger partial charge in [-0.1, -0.05) is 124 Å². The van der Waals surface area contributed by atoms with Gasteiger partial charge in [0.2, 0.25) is 0 Å². The third-order valence-electron chi connectivity index (χ3n) is 4.54. The molecular formula is C33H45N5O11S4. The van der Waals surface area contributed by atoms with Gasteiger partial charge in [-0.2, -0.15) is 35.8 Å². The Morgan fingerprint density at radius 1 is 0.679 bits per heavy atom. The van der Waals surface area contributed by atoms with Crippen LogP contribution in [0, 0.1) is 22.7 Å². The molecule has 0 aromatic heterocycles. The summed E-state index contributed by atoms with van der Waals surface area (Å²) in [5.74, 6) is -1.57. The zero-order chi connectivity index (χ0) is 41.8. The molecule has 1 heterocycles. The maximum atomic E-state index is 11.0. The van der Waals surface area contributed by atoms with Crippen LogP contribution in [-0.4, -0.2) is 71.7 Å². The molecule has 1 aliphatic heterocycles. The second-order valence-corrected chi connectivity index (χ2v) is 14.2. The first-order valence-electron chi connectivity index (χ1n) is 15.4. The molecule has 0 saturated heterocycles. The van der Waals surface area contributed by atoms with Crippen molar-refractivity contribution in [2.45, 2.75) is 55.4 Å². The Morgan fingerprint density at radius 2 is 1.11 bits per heavy atom. The Labute approximate surface area is 317 Å². The normalized spacial score (nSPS) is 13.3. The summed E-state index contributed by atoms with van der Waals surface area (Å²) in [6, 6.07) is 21.4. The number of rotatable bonds is 8. The molecule has 292 valence electrons. The molecule has 53 heavy (non-hydrogen) atoms. The fourth-order valence-electron chi connectivity index (χ4n) is 2.85. The van der Waals surface area contributed by atoms with Gasteiger partial charge in [-0.05, 0) is 17.0 Å². The number of thioether (sulfide) groups is 1. The minimum Gasteiger partial charge on any atom is -0.272 e. The first-order chi connectivity index (χ1) is 24.8. The lowest BCUT2D eigenvalue weighted by Crippen LogP contribution is -2.35. The largest absolute Gasteiger partial charge is 0.325 e. The second-order valence-electron chi connectivity index (χ2n) is 8.67. The van der Waals surface area contributed by atoms with Crippen LogP contribution in [0.3, 0.4) is 0 Å². The Bertz CT molecular complexity index is 1970. The number of carbonyl (C=O) groups is 2. The highest BCUT2D eigenvalue weighted by atomic mass is 32.2. The van der Waals surface area contributed by atoms with Gasteiger partial charge in [-0.15, -0.1) is 9.35 Å². The summed E-state index contributed by atoms with van der Waals surface area (Å²) in [6.45, 7) is 14.0. The van der Waals surface area contributed by atoms with E-state index in [1.807, 2.05) is 59.7 Å². The number of nitriles is 2. The number of hydrogen-bond donors (Lipinski definition) is 0. The number of imide groups is 1. The van der Waals surface area contributed by atoms with Crippen LogP contribution in [0.25, 0.3) is 5.57 Å². The fraction of sp³-hybridized carbons (Fsp3) is 0.333. The van der Waals surface area contributed by atoms with Gasteiger partial charge in [0.1, 0.15) is 17.2 Å². The van der Waals surface area contributed by atoms with E-state index in [0.717, 1.165) is 38.2 Å². The number of nitrogens with zero attached hydrogens (tertiary/aromatic N) is 5. The number of allylic oxidation sites excluding steroid dienone is 2. The SMILES string of the molecule is CC.CC.CC.CC(=O)N(OS(C)(=O)=O)C(C)=O.CS(=O)(=O)O/N=C(\C#N)c1ccccc1.CS(=O)(=O)ON=C1SC=C/C1=C(/C#N)c1ccccc1. The zero-order valence-corrected chi connectivity index (χ0v) is 34.6. The number of amides is 2. The van der Waals surface area contributed by atoms with E-state index >= 15 is 0 Å². The van der Waals surface area contributed by atoms with Crippen LogP contribution >= 0.6 is 11.8 Å². The molecule has 1 aliphatic rings. The van der Waals surface area contributed by atoms with Crippen molar-refractivity contribution in [2.24, 2.45) is 10.3 Å². The van der Waals surface area contributed by atoms with E-state index in [9.17, 15) is 40.1 Å². The summed E-state index contributed by atoms with van der Waals surface area (Å²) in [7, 11) is -11.2. The summed E-state index contributed by atoms with van der Waals surface area (Å²) in [5, 5.41) is 27.1. The minimum absolute atomic E-state index is 0.0824. The van der Waals surface area contributed by atoms with Gasteiger partial charge < -0.3 is 0 Å². The summed E-state index contributed by atoms with van der Waals surface area (Å²) in [4.78, 5) is 21.2. The van der Waals surface area contributed by atoms with Crippen molar-refractivity contribution in [1.29, 1.82) is 10.5 Å². The Morgan fingerprint density at radius 3 is 1.45 bits per heavy atom. The first kappa shape index (κ1) is 52.5. The predicted molar refractivity (Wildman–Crippen MR) is 207 cm³/mol. The van der Waals surface area contributed by atoms with Gasteiger partial charge in [0, 0.05) is 25.0 Å². The number of hydroxylamine groups is 2. The van der Waals surface area contributed by atoms with Crippen LogP contribution in [0.5, 0.6) is 0 Å². The van der Waals surface area contributed by atoms with Crippen LogP contribution < -0.4 is 0 Å². The van der Waals surface area contributed by atoms with Crippen molar-refractivity contribution in [3.8, 4) is 12.1 Å². The zero-order valence-electron chi connectivity index (χ0n) is 31.3. The van der Waals surface area contributed by atoms with E-state index < -0.39 is 42.2 Å². The lowest BCUT2D eigenvalue weighted by Gasteiger charge is -2.13. The minimum atomic E-state index is -3.83. The average Bonchev–Trinajstić information content (AvgIpc) is 3.58. The van der Waals surface area contributed by atoms with Crippen molar-refractivity contribution >= 4 is 70.3 Å². The second kappa shape index (κ2) is 27.7. The van der Waals surface area contributed by atoms with Gasteiger partial charge >= 0.3 is 20.2 Å². The van der Waals surface area contributed by atoms with Gasteiger partial charge in [0.05, 0.1) is 24.3 Å². The molecule has 2 aromatic carbocycles. The summed E-state index contributed by atoms with van der Waals surface area (Å²) < 4.78 is 76.9. The summed E-state index contributed by atoms with van der Waals surface area (Å²) in [5.41, 5.74) is 2.13. The Kier molecular flexibility index (Phi) is 27.5. The number of benzene rings is 2. The highest BCUT2D eigenvalue weighted by Gasteiger charge is 2.20. The van der Waals surface area contributed by atoms with Gasteiger partial charge in [0.25, 0.3) is 21.9 Å². The lowest BCUT2D eigenvalue weighted by atomic mass is 10.0. The molecule has 3 rings (SSSR count). The van der Waals surface area contributed by atoms with Crippen molar-refractivity contribution < 1.29 is 47.7 Å². The maximum Gasteiger partial charge on any atom is 0.325 e. The van der Waals surface area contributed by atoms with Crippen molar-refractivity contribution in [1.82, 2.24) is 5.06 Å². The molecule has 0 N–H and O–H groups in total. The van der Waals surface area contributed by atoms with Crippen LogP contribution in [0.2, 0.25) is 0 Å². The molecule has 0 fully saturated rings.